The zero-order valence-corrected chi connectivity index (χ0v) is 8.15. The Bertz CT molecular complexity index is 252. The zero-order chi connectivity index (χ0) is 8.81. The molecule has 64 valence electrons. The van der Waals surface area contributed by atoms with E-state index in [4.69, 9.17) is 23.2 Å². The Kier molecular flexibility index (Phi) is 4.20. The van der Waals surface area contributed by atoms with Crippen molar-refractivity contribution in [3.05, 3.63) is 47.0 Å². The van der Waals surface area contributed by atoms with Crippen LogP contribution in [0.25, 0.3) is 0 Å². The van der Waals surface area contributed by atoms with Gasteiger partial charge in [-0.15, -0.1) is 11.6 Å². The van der Waals surface area contributed by atoms with Gasteiger partial charge in [-0.3, -0.25) is 0 Å². The van der Waals surface area contributed by atoms with Gasteiger partial charge in [-0.05, 0) is 12.0 Å². The van der Waals surface area contributed by atoms with E-state index < -0.39 is 0 Å². The van der Waals surface area contributed by atoms with E-state index in [2.05, 4.69) is 12.1 Å². The highest BCUT2D eigenvalue weighted by molar-refractivity contribution is 6.35. The normalized spacial score (nSPS) is 11.7. The van der Waals surface area contributed by atoms with Crippen LogP contribution >= 0.6 is 23.2 Å². The molecule has 0 fully saturated rings. The number of halogens is 2. The van der Waals surface area contributed by atoms with Crippen molar-refractivity contribution in [1.82, 2.24) is 0 Å². The quantitative estimate of drug-likeness (QED) is 0.655. The summed E-state index contributed by atoms with van der Waals surface area (Å²) < 4.78 is 0. The minimum absolute atomic E-state index is 0.397. The lowest BCUT2D eigenvalue weighted by atomic mass is 10.1. The van der Waals surface area contributed by atoms with Gasteiger partial charge in [0.2, 0.25) is 0 Å². The van der Waals surface area contributed by atoms with Crippen LogP contribution in [0.5, 0.6) is 0 Å². The molecule has 0 aliphatic carbocycles. The first kappa shape index (κ1) is 9.63. The fourth-order valence-corrected chi connectivity index (χ4v) is 1.08. The molecule has 0 saturated heterocycles. The first-order valence-corrected chi connectivity index (χ1v) is 4.68. The average Bonchev–Trinajstić information content (AvgIpc) is 2.16. The van der Waals surface area contributed by atoms with Crippen molar-refractivity contribution in [2.24, 2.45) is 0 Å². The minimum atomic E-state index is 0.397. The third-order valence-electron chi connectivity index (χ3n) is 1.53. The molecule has 0 bridgehead atoms. The number of allylic oxidation sites excluding steroid dienone is 2. The molecule has 0 spiro atoms. The maximum Gasteiger partial charge on any atom is 0.0578 e. The summed E-state index contributed by atoms with van der Waals surface area (Å²) in [5, 5.41) is 0.709. The van der Waals surface area contributed by atoms with Gasteiger partial charge in [0, 0.05) is 5.03 Å². The van der Waals surface area contributed by atoms with Crippen LogP contribution in [0, 0.1) is 0 Å². The van der Waals surface area contributed by atoms with Gasteiger partial charge in [-0.1, -0.05) is 48.0 Å². The monoisotopic (exact) mass is 200 g/mol. The predicted octanol–water partition coefficient (Wildman–Crippen LogP) is 3.59. The average molecular weight is 201 g/mol. The molecular formula is C10H10Cl2. The van der Waals surface area contributed by atoms with Gasteiger partial charge in [0.15, 0.2) is 0 Å². The van der Waals surface area contributed by atoms with Crippen molar-refractivity contribution in [2.45, 2.75) is 6.42 Å². The second-order valence-electron chi connectivity index (χ2n) is 2.47. The molecule has 1 rings (SSSR count). The fraction of sp³-hybridized carbons (Fsp3) is 0.200. The molecule has 0 aliphatic rings. The molecule has 0 nitrogen and oxygen atoms in total. The van der Waals surface area contributed by atoms with E-state index in [-0.39, 0.29) is 0 Å². The van der Waals surface area contributed by atoms with E-state index in [1.54, 1.807) is 0 Å². The van der Waals surface area contributed by atoms with Crippen molar-refractivity contribution in [3.63, 3.8) is 0 Å². The van der Waals surface area contributed by atoms with E-state index in [1.807, 2.05) is 24.3 Å². The third-order valence-corrected chi connectivity index (χ3v) is 2.24. The van der Waals surface area contributed by atoms with Crippen LogP contribution in [0.4, 0.5) is 0 Å². The van der Waals surface area contributed by atoms with E-state index >= 15 is 0 Å². The Morgan fingerprint density at radius 2 is 1.92 bits per heavy atom. The summed E-state index contributed by atoms with van der Waals surface area (Å²) in [4.78, 5) is 0. The Morgan fingerprint density at radius 1 is 1.25 bits per heavy atom. The number of alkyl halides is 1. The lowest BCUT2D eigenvalue weighted by Gasteiger charge is -1.95. The molecule has 0 heterocycles. The smallest absolute Gasteiger partial charge is 0.0578 e. The Hall–Kier alpha value is -0.460. The van der Waals surface area contributed by atoms with Crippen molar-refractivity contribution in [3.8, 4) is 0 Å². The zero-order valence-electron chi connectivity index (χ0n) is 6.63. The predicted molar refractivity (Wildman–Crippen MR) is 54.8 cm³/mol. The number of hydrogen-bond acceptors (Lipinski definition) is 0. The van der Waals surface area contributed by atoms with E-state index in [9.17, 15) is 0 Å². The number of benzene rings is 1. The van der Waals surface area contributed by atoms with Crippen molar-refractivity contribution in [1.29, 1.82) is 0 Å². The third kappa shape index (κ3) is 3.29. The fourth-order valence-electron chi connectivity index (χ4n) is 0.897. The second-order valence-corrected chi connectivity index (χ2v) is 3.23. The lowest BCUT2D eigenvalue weighted by molar-refractivity contribution is 1.26. The van der Waals surface area contributed by atoms with Crippen LogP contribution in [0.2, 0.25) is 0 Å². The molecule has 0 saturated carbocycles. The Morgan fingerprint density at radius 3 is 2.50 bits per heavy atom. The van der Waals surface area contributed by atoms with Gasteiger partial charge in [0.05, 0.1) is 5.88 Å². The van der Waals surface area contributed by atoms with Crippen molar-refractivity contribution in [2.75, 3.05) is 5.88 Å². The van der Waals surface area contributed by atoms with Crippen LogP contribution in [0.3, 0.4) is 0 Å². The van der Waals surface area contributed by atoms with Gasteiger partial charge in [0.1, 0.15) is 0 Å². The summed E-state index contributed by atoms with van der Waals surface area (Å²) in [6, 6.07) is 10.1. The van der Waals surface area contributed by atoms with Crippen LogP contribution in [-0.4, -0.2) is 5.88 Å². The minimum Gasteiger partial charge on any atom is -0.121 e. The maximum atomic E-state index is 5.74. The molecule has 1 aromatic carbocycles. The molecule has 2 heteroatoms. The largest absolute Gasteiger partial charge is 0.121 e. The van der Waals surface area contributed by atoms with Gasteiger partial charge < -0.3 is 0 Å². The van der Waals surface area contributed by atoms with Gasteiger partial charge >= 0.3 is 0 Å². The van der Waals surface area contributed by atoms with E-state index in [0.717, 1.165) is 6.42 Å². The van der Waals surface area contributed by atoms with Crippen LogP contribution in [0.15, 0.2) is 41.4 Å². The summed E-state index contributed by atoms with van der Waals surface area (Å²) in [5.74, 6) is 0.397. The number of rotatable bonds is 3. The molecule has 1 aromatic rings. The van der Waals surface area contributed by atoms with Gasteiger partial charge in [-0.2, -0.15) is 0 Å². The molecular weight excluding hydrogens is 191 g/mol. The first-order valence-electron chi connectivity index (χ1n) is 3.77. The molecule has 0 aromatic heterocycles. The van der Waals surface area contributed by atoms with Gasteiger partial charge in [-0.25, -0.2) is 0 Å². The van der Waals surface area contributed by atoms with Crippen molar-refractivity contribution < 1.29 is 0 Å². The molecule has 0 N–H and O–H groups in total. The van der Waals surface area contributed by atoms with Gasteiger partial charge in [0.25, 0.3) is 0 Å². The summed E-state index contributed by atoms with van der Waals surface area (Å²) in [7, 11) is 0. The first-order chi connectivity index (χ1) is 5.83. The van der Waals surface area contributed by atoms with Crippen LogP contribution in [0.1, 0.15) is 5.56 Å². The number of hydrogen-bond donors (Lipinski definition) is 0. The summed E-state index contributed by atoms with van der Waals surface area (Å²) >= 11 is 11.3. The molecule has 0 radical (unpaired) electrons. The standard InChI is InChI=1S/C10H10Cl2/c11-8-10(12)7-6-9-4-2-1-3-5-9/h1-5,7H,6,8H2/b10-7+. The molecule has 0 atom stereocenters. The summed E-state index contributed by atoms with van der Waals surface area (Å²) in [6.07, 6.45) is 2.79. The Labute approximate surface area is 82.8 Å². The SMILES string of the molecule is ClC/C(Cl)=C\Cc1ccccc1. The van der Waals surface area contributed by atoms with Crippen molar-refractivity contribution >= 4 is 23.2 Å². The maximum absolute atomic E-state index is 5.74. The highest BCUT2D eigenvalue weighted by atomic mass is 35.5. The van der Waals surface area contributed by atoms with Crippen LogP contribution in [-0.2, 0) is 6.42 Å². The molecule has 12 heavy (non-hydrogen) atoms. The van der Waals surface area contributed by atoms with Crippen LogP contribution < -0.4 is 0 Å². The summed E-state index contributed by atoms with van der Waals surface area (Å²) in [5.41, 5.74) is 1.25. The second kappa shape index (κ2) is 5.23. The molecule has 0 unspecified atom stereocenters. The summed E-state index contributed by atoms with van der Waals surface area (Å²) in [6.45, 7) is 0. The highest BCUT2D eigenvalue weighted by Crippen LogP contribution is 2.07. The van der Waals surface area contributed by atoms with E-state index in [0.29, 0.717) is 10.9 Å². The molecule has 0 aliphatic heterocycles. The highest BCUT2D eigenvalue weighted by Gasteiger charge is 1.90. The van der Waals surface area contributed by atoms with E-state index in [1.165, 1.54) is 5.56 Å². The molecule has 0 amide bonds. The lowest BCUT2D eigenvalue weighted by Crippen LogP contribution is -1.81. The Balaban J connectivity index is 2.54. The topological polar surface area (TPSA) is 0 Å².